The summed E-state index contributed by atoms with van der Waals surface area (Å²) in [6.07, 6.45) is 4.59. The fourth-order valence-corrected chi connectivity index (χ4v) is 3.36. The molecule has 23 heavy (non-hydrogen) atoms. The van der Waals surface area contributed by atoms with Crippen molar-refractivity contribution >= 4 is 39.2 Å². The lowest BCUT2D eigenvalue weighted by Gasteiger charge is -2.09. The van der Waals surface area contributed by atoms with Crippen LogP contribution in [-0.2, 0) is 10.0 Å². The predicted molar refractivity (Wildman–Crippen MR) is 94.1 cm³/mol. The average Bonchev–Trinajstić information content (AvgIpc) is 2.50. The molecule has 1 aromatic carbocycles. The van der Waals surface area contributed by atoms with E-state index in [1.54, 1.807) is 30.6 Å². The average molecular weight is 358 g/mol. The maximum absolute atomic E-state index is 12.4. The van der Waals surface area contributed by atoms with Crippen molar-refractivity contribution in [3.05, 3.63) is 36.7 Å². The lowest BCUT2D eigenvalue weighted by atomic mass is 10.2. The van der Waals surface area contributed by atoms with E-state index in [1.165, 1.54) is 0 Å². The molecule has 0 saturated carbocycles. The molecule has 0 unspecified atom stereocenters. The minimum Gasteiger partial charge on any atom is -0.370 e. The van der Waals surface area contributed by atoms with Gasteiger partial charge in [0.2, 0.25) is 10.0 Å². The number of pyridine rings is 1. The van der Waals surface area contributed by atoms with Crippen molar-refractivity contribution in [1.82, 2.24) is 9.71 Å². The number of sulfonamides is 1. The molecule has 1 heterocycles. The van der Waals surface area contributed by atoms with E-state index in [-0.39, 0.29) is 23.3 Å². The molecule has 0 saturated heterocycles. The van der Waals surface area contributed by atoms with Gasteiger partial charge in [-0.2, -0.15) is 0 Å². The normalized spacial score (nSPS) is 11.0. The van der Waals surface area contributed by atoms with Crippen LogP contribution in [0.4, 0.5) is 0 Å². The van der Waals surface area contributed by atoms with Gasteiger partial charge < -0.3 is 11.5 Å². The molecular weight excluding hydrogens is 338 g/mol. The summed E-state index contributed by atoms with van der Waals surface area (Å²) in [5.74, 6) is 0.0462. The second kappa shape index (κ2) is 8.66. The lowest BCUT2D eigenvalue weighted by molar-refractivity contribution is 0.578. The molecule has 2 rings (SSSR count). The number of hydrogen-bond donors (Lipinski definition) is 3. The minimum absolute atomic E-state index is 0. The van der Waals surface area contributed by atoms with Crippen LogP contribution in [0, 0.1) is 0 Å². The van der Waals surface area contributed by atoms with Crippen LogP contribution in [0.1, 0.15) is 12.8 Å². The molecule has 0 aliphatic rings. The van der Waals surface area contributed by atoms with E-state index in [0.29, 0.717) is 31.3 Å². The number of aliphatic imine (C=N–C) groups is 1. The molecule has 0 aliphatic carbocycles. The summed E-state index contributed by atoms with van der Waals surface area (Å²) < 4.78 is 27.4. The lowest BCUT2D eigenvalue weighted by Crippen LogP contribution is -2.25. The molecule has 0 spiro atoms. The molecule has 0 bridgehead atoms. The van der Waals surface area contributed by atoms with E-state index in [2.05, 4.69) is 14.7 Å². The molecule has 126 valence electrons. The summed E-state index contributed by atoms with van der Waals surface area (Å²) in [5, 5.41) is 1.45. The van der Waals surface area contributed by atoms with Crippen LogP contribution >= 0.6 is 12.4 Å². The van der Waals surface area contributed by atoms with E-state index in [4.69, 9.17) is 11.5 Å². The molecule has 9 heteroatoms. The van der Waals surface area contributed by atoms with Crippen molar-refractivity contribution in [2.24, 2.45) is 16.5 Å². The van der Waals surface area contributed by atoms with Crippen molar-refractivity contribution in [3.63, 3.8) is 0 Å². The van der Waals surface area contributed by atoms with E-state index < -0.39 is 10.0 Å². The molecule has 0 amide bonds. The fourth-order valence-electron chi connectivity index (χ4n) is 2.06. The number of hydrogen-bond acceptors (Lipinski definition) is 4. The van der Waals surface area contributed by atoms with Crippen molar-refractivity contribution in [2.45, 2.75) is 17.7 Å². The van der Waals surface area contributed by atoms with Gasteiger partial charge >= 0.3 is 0 Å². The molecule has 0 fully saturated rings. The van der Waals surface area contributed by atoms with Crippen LogP contribution in [0.5, 0.6) is 0 Å². The van der Waals surface area contributed by atoms with E-state index in [0.717, 1.165) is 5.39 Å². The predicted octanol–water partition coefficient (Wildman–Crippen LogP) is 0.989. The minimum atomic E-state index is -3.55. The zero-order valence-corrected chi connectivity index (χ0v) is 14.1. The molecule has 2 aromatic rings. The highest BCUT2D eigenvalue weighted by Crippen LogP contribution is 2.21. The fraction of sp³-hybridized carbons (Fsp3) is 0.286. The van der Waals surface area contributed by atoms with Crippen molar-refractivity contribution in [2.75, 3.05) is 13.1 Å². The third-order valence-corrected chi connectivity index (χ3v) is 4.62. The van der Waals surface area contributed by atoms with Gasteiger partial charge in [0.25, 0.3) is 0 Å². The number of aromatic nitrogens is 1. The second-order valence-corrected chi connectivity index (χ2v) is 6.50. The van der Waals surface area contributed by atoms with Gasteiger partial charge in [-0.15, -0.1) is 12.4 Å². The van der Waals surface area contributed by atoms with Gasteiger partial charge in [0.1, 0.15) is 0 Å². The first kappa shape index (κ1) is 19.1. The standard InChI is InChI=1S/C14H19N5O2S.ClH/c15-14(16)18-7-1-2-8-19-22(20,21)13-5-3-4-11-10-17-9-6-12(11)13;/h3-6,9-10,19H,1-2,7-8H2,(H4,15,16,18);1H. The SMILES string of the molecule is Cl.NC(N)=NCCCCNS(=O)(=O)c1cccc2cnccc12. The molecule has 0 aliphatic heterocycles. The largest absolute Gasteiger partial charge is 0.370 e. The van der Waals surface area contributed by atoms with Gasteiger partial charge in [-0.25, -0.2) is 13.1 Å². The van der Waals surface area contributed by atoms with E-state index >= 15 is 0 Å². The van der Waals surface area contributed by atoms with Gasteiger partial charge in [-0.1, -0.05) is 12.1 Å². The van der Waals surface area contributed by atoms with Crippen molar-refractivity contribution in [1.29, 1.82) is 0 Å². The maximum atomic E-state index is 12.4. The van der Waals surface area contributed by atoms with Crippen LogP contribution in [-0.4, -0.2) is 32.5 Å². The van der Waals surface area contributed by atoms with Gasteiger partial charge in [0.15, 0.2) is 5.96 Å². The van der Waals surface area contributed by atoms with Crippen LogP contribution in [0.2, 0.25) is 0 Å². The third kappa shape index (κ3) is 5.34. The zero-order chi connectivity index (χ0) is 16.0. The Bertz CT molecular complexity index is 770. The number of benzene rings is 1. The number of fused-ring (bicyclic) bond motifs is 1. The first-order chi connectivity index (χ1) is 10.5. The van der Waals surface area contributed by atoms with E-state index in [1.807, 2.05) is 6.07 Å². The molecule has 7 nitrogen and oxygen atoms in total. The van der Waals surface area contributed by atoms with Gasteiger partial charge in [0, 0.05) is 36.3 Å². The highest BCUT2D eigenvalue weighted by Gasteiger charge is 2.16. The highest BCUT2D eigenvalue weighted by atomic mass is 35.5. The van der Waals surface area contributed by atoms with Crippen LogP contribution in [0.15, 0.2) is 46.5 Å². The molecule has 0 atom stereocenters. The van der Waals surface area contributed by atoms with Gasteiger partial charge in [0.05, 0.1) is 4.90 Å². The first-order valence-electron chi connectivity index (χ1n) is 6.88. The Morgan fingerprint density at radius 1 is 1.22 bits per heavy atom. The highest BCUT2D eigenvalue weighted by molar-refractivity contribution is 7.89. The third-order valence-electron chi connectivity index (χ3n) is 3.10. The van der Waals surface area contributed by atoms with Crippen LogP contribution in [0.3, 0.4) is 0 Å². The molecule has 1 aromatic heterocycles. The zero-order valence-electron chi connectivity index (χ0n) is 12.5. The quantitative estimate of drug-likeness (QED) is 0.387. The smallest absolute Gasteiger partial charge is 0.241 e. The Hall–Kier alpha value is -1.90. The van der Waals surface area contributed by atoms with Gasteiger partial charge in [-0.05, 0) is 25.0 Å². The van der Waals surface area contributed by atoms with Crippen molar-refractivity contribution < 1.29 is 8.42 Å². The molecular formula is C14H20ClN5O2S. The number of unbranched alkanes of at least 4 members (excludes halogenated alkanes) is 1. The summed E-state index contributed by atoms with van der Waals surface area (Å²) in [5.41, 5.74) is 10.4. The number of nitrogens with zero attached hydrogens (tertiary/aromatic N) is 2. The Morgan fingerprint density at radius 3 is 2.74 bits per heavy atom. The Morgan fingerprint density at radius 2 is 2.00 bits per heavy atom. The number of nitrogens with two attached hydrogens (primary N) is 2. The number of nitrogens with one attached hydrogen (secondary N) is 1. The summed E-state index contributed by atoms with van der Waals surface area (Å²) in [6.45, 7) is 0.827. The molecule has 0 radical (unpaired) electrons. The Labute approximate surface area is 141 Å². The summed E-state index contributed by atoms with van der Waals surface area (Å²) in [6, 6.07) is 6.82. The first-order valence-corrected chi connectivity index (χ1v) is 8.37. The monoisotopic (exact) mass is 357 g/mol. The van der Waals surface area contributed by atoms with E-state index in [9.17, 15) is 8.42 Å². The Kier molecular flexibility index (Phi) is 7.21. The number of rotatable bonds is 7. The van der Waals surface area contributed by atoms with Crippen molar-refractivity contribution in [3.8, 4) is 0 Å². The maximum Gasteiger partial charge on any atom is 0.241 e. The topological polar surface area (TPSA) is 123 Å². The second-order valence-electron chi connectivity index (χ2n) is 4.76. The summed E-state index contributed by atoms with van der Waals surface area (Å²) in [7, 11) is -3.55. The van der Waals surface area contributed by atoms with Crippen LogP contribution in [0.25, 0.3) is 10.8 Å². The number of guanidine groups is 1. The molecule has 5 N–H and O–H groups in total. The number of halogens is 1. The summed E-state index contributed by atoms with van der Waals surface area (Å²) in [4.78, 5) is 8.10. The van der Waals surface area contributed by atoms with Crippen LogP contribution < -0.4 is 16.2 Å². The summed E-state index contributed by atoms with van der Waals surface area (Å²) >= 11 is 0. The Balaban J connectivity index is 0.00000264. The van der Waals surface area contributed by atoms with Gasteiger partial charge in [-0.3, -0.25) is 9.98 Å².